The number of aliphatic hydroxyl groups excluding tert-OH is 1. The third-order valence-electron chi connectivity index (χ3n) is 3.51. The van der Waals surface area contributed by atoms with Crippen LogP contribution in [0.15, 0.2) is 30.3 Å². The molecule has 2 rings (SSSR count). The molecule has 1 atom stereocenters. The van der Waals surface area contributed by atoms with Gasteiger partial charge in [0.1, 0.15) is 0 Å². The van der Waals surface area contributed by atoms with E-state index >= 15 is 0 Å². The van der Waals surface area contributed by atoms with Gasteiger partial charge < -0.3 is 15.2 Å². The molecule has 1 aliphatic heterocycles. The summed E-state index contributed by atoms with van der Waals surface area (Å²) in [5.41, 5.74) is 1.26. The molecule has 1 saturated heterocycles. The van der Waals surface area contributed by atoms with Crippen molar-refractivity contribution < 1.29 is 9.84 Å². The molecule has 0 aliphatic carbocycles. The molecule has 0 saturated carbocycles. The summed E-state index contributed by atoms with van der Waals surface area (Å²) in [6.45, 7) is 5.83. The number of morpholine rings is 1. The van der Waals surface area contributed by atoms with Crippen LogP contribution < -0.4 is 5.32 Å². The topological polar surface area (TPSA) is 44.7 Å². The van der Waals surface area contributed by atoms with Gasteiger partial charge in [-0.15, -0.1) is 0 Å². The van der Waals surface area contributed by atoms with E-state index in [2.05, 4.69) is 22.3 Å². The zero-order valence-corrected chi connectivity index (χ0v) is 11.4. The molecule has 0 bridgehead atoms. The van der Waals surface area contributed by atoms with Gasteiger partial charge in [0.25, 0.3) is 0 Å². The Morgan fingerprint density at radius 3 is 2.63 bits per heavy atom. The predicted octanol–water partition coefficient (Wildman–Crippen LogP) is 0.512. The summed E-state index contributed by atoms with van der Waals surface area (Å²) in [5, 5.41) is 12.9. The second-order valence-electron chi connectivity index (χ2n) is 4.98. The molecule has 1 aromatic carbocycles. The highest BCUT2D eigenvalue weighted by atomic mass is 16.5. The molecular formula is C15H24N2O2. The zero-order valence-electron chi connectivity index (χ0n) is 11.4. The first-order valence-electron chi connectivity index (χ1n) is 7.07. The first kappa shape index (κ1) is 14.5. The van der Waals surface area contributed by atoms with Gasteiger partial charge in [0.15, 0.2) is 0 Å². The van der Waals surface area contributed by atoms with Crippen molar-refractivity contribution in [3.05, 3.63) is 35.9 Å². The molecule has 1 aliphatic rings. The van der Waals surface area contributed by atoms with Crippen LogP contribution in [0.3, 0.4) is 0 Å². The minimum atomic E-state index is 0.142. The second-order valence-corrected chi connectivity index (χ2v) is 4.98. The molecule has 0 spiro atoms. The van der Waals surface area contributed by atoms with Crippen LogP contribution in [-0.4, -0.2) is 62.0 Å². The molecule has 19 heavy (non-hydrogen) atoms. The van der Waals surface area contributed by atoms with Gasteiger partial charge in [-0.05, 0) is 12.0 Å². The highest BCUT2D eigenvalue weighted by molar-refractivity contribution is 5.15. The Balaban J connectivity index is 1.67. The van der Waals surface area contributed by atoms with Crippen molar-refractivity contribution >= 4 is 0 Å². The van der Waals surface area contributed by atoms with Crippen molar-refractivity contribution in [3.63, 3.8) is 0 Å². The number of nitrogens with zero attached hydrogens (tertiary/aromatic N) is 1. The van der Waals surface area contributed by atoms with Gasteiger partial charge in [0.2, 0.25) is 0 Å². The van der Waals surface area contributed by atoms with E-state index in [1.54, 1.807) is 0 Å². The average molecular weight is 264 g/mol. The lowest BCUT2D eigenvalue weighted by Gasteiger charge is -2.27. The lowest BCUT2D eigenvalue weighted by atomic mass is 10.1. The first-order chi connectivity index (χ1) is 9.38. The minimum Gasteiger partial charge on any atom is -0.395 e. The molecular weight excluding hydrogens is 240 g/mol. The van der Waals surface area contributed by atoms with Gasteiger partial charge in [-0.2, -0.15) is 0 Å². The zero-order chi connectivity index (χ0) is 13.3. The number of aliphatic hydroxyl groups is 1. The number of hydrogen-bond acceptors (Lipinski definition) is 4. The standard InChI is InChI=1S/C15H24N2O2/c18-13-15(12-14-4-2-1-3-5-14)16-6-7-17-8-10-19-11-9-17/h1-5,15-16,18H,6-13H2/t15-/m1/s1. The summed E-state index contributed by atoms with van der Waals surface area (Å²) in [6.07, 6.45) is 0.875. The summed E-state index contributed by atoms with van der Waals surface area (Å²) < 4.78 is 5.33. The molecule has 1 fully saturated rings. The predicted molar refractivity (Wildman–Crippen MR) is 76.3 cm³/mol. The third-order valence-corrected chi connectivity index (χ3v) is 3.51. The summed E-state index contributed by atoms with van der Waals surface area (Å²) >= 11 is 0. The SMILES string of the molecule is OC[C@@H](Cc1ccccc1)NCCN1CCOCC1. The number of benzene rings is 1. The Hall–Kier alpha value is -0.940. The Kier molecular flexibility index (Phi) is 6.30. The molecule has 106 valence electrons. The highest BCUT2D eigenvalue weighted by Gasteiger charge is 2.11. The van der Waals surface area contributed by atoms with Gasteiger partial charge >= 0.3 is 0 Å². The minimum absolute atomic E-state index is 0.142. The molecule has 0 radical (unpaired) electrons. The molecule has 1 aromatic rings. The van der Waals surface area contributed by atoms with Crippen LogP contribution in [-0.2, 0) is 11.2 Å². The lowest BCUT2D eigenvalue weighted by molar-refractivity contribution is 0.0378. The largest absolute Gasteiger partial charge is 0.395 e. The van der Waals surface area contributed by atoms with Crippen LogP contribution in [0.5, 0.6) is 0 Å². The van der Waals surface area contributed by atoms with Crippen molar-refractivity contribution in [2.24, 2.45) is 0 Å². The van der Waals surface area contributed by atoms with Crippen molar-refractivity contribution in [3.8, 4) is 0 Å². The summed E-state index contributed by atoms with van der Waals surface area (Å²) in [6, 6.07) is 10.4. The van der Waals surface area contributed by atoms with Crippen LogP contribution in [0.25, 0.3) is 0 Å². The van der Waals surface area contributed by atoms with E-state index in [1.807, 2.05) is 18.2 Å². The summed E-state index contributed by atoms with van der Waals surface area (Å²) in [7, 11) is 0. The smallest absolute Gasteiger partial charge is 0.0594 e. The Morgan fingerprint density at radius 2 is 1.95 bits per heavy atom. The first-order valence-corrected chi connectivity index (χ1v) is 7.07. The van der Waals surface area contributed by atoms with Gasteiger partial charge in [-0.1, -0.05) is 30.3 Å². The molecule has 2 N–H and O–H groups in total. The molecule has 1 heterocycles. The van der Waals surface area contributed by atoms with E-state index in [0.717, 1.165) is 45.8 Å². The van der Waals surface area contributed by atoms with Crippen molar-refractivity contribution in [2.45, 2.75) is 12.5 Å². The fraction of sp³-hybridized carbons (Fsp3) is 0.600. The molecule has 0 aromatic heterocycles. The van der Waals surface area contributed by atoms with E-state index in [1.165, 1.54) is 5.56 Å². The van der Waals surface area contributed by atoms with Crippen LogP contribution >= 0.6 is 0 Å². The van der Waals surface area contributed by atoms with Gasteiger partial charge in [0, 0.05) is 32.2 Å². The van der Waals surface area contributed by atoms with Crippen LogP contribution in [0, 0.1) is 0 Å². The van der Waals surface area contributed by atoms with Crippen LogP contribution in [0.4, 0.5) is 0 Å². The van der Waals surface area contributed by atoms with E-state index in [0.29, 0.717) is 0 Å². The van der Waals surface area contributed by atoms with Gasteiger partial charge in [-0.25, -0.2) is 0 Å². The quantitative estimate of drug-likeness (QED) is 0.753. The molecule has 4 heteroatoms. The number of hydrogen-bond donors (Lipinski definition) is 2. The molecule has 4 nitrogen and oxygen atoms in total. The third kappa shape index (κ3) is 5.28. The normalized spacial score (nSPS) is 18.4. The van der Waals surface area contributed by atoms with Crippen molar-refractivity contribution in [1.82, 2.24) is 10.2 Å². The fourth-order valence-electron chi connectivity index (χ4n) is 2.35. The number of ether oxygens (including phenoxy) is 1. The maximum atomic E-state index is 9.43. The van der Waals surface area contributed by atoms with Crippen LogP contribution in [0.1, 0.15) is 5.56 Å². The lowest BCUT2D eigenvalue weighted by Crippen LogP contribution is -2.43. The average Bonchev–Trinajstić information content (AvgIpc) is 2.48. The second kappa shape index (κ2) is 8.27. The maximum absolute atomic E-state index is 9.43. The van der Waals surface area contributed by atoms with E-state index < -0.39 is 0 Å². The van der Waals surface area contributed by atoms with E-state index in [4.69, 9.17) is 4.74 Å². The summed E-state index contributed by atoms with van der Waals surface area (Å²) in [4.78, 5) is 2.40. The summed E-state index contributed by atoms with van der Waals surface area (Å²) in [5.74, 6) is 0. The number of rotatable bonds is 7. The molecule has 0 amide bonds. The monoisotopic (exact) mass is 264 g/mol. The van der Waals surface area contributed by atoms with Gasteiger partial charge in [-0.3, -0.25) is 4.90 Å². The Labute approximate surface area is 115 Å². The highest BCUT2D eigenvalue weighted by Crippen LogP contribution is 2.03. The van der Waals surface area contributed by atoms with E-state index in [-0.39, 0.29) is 12.6 Å². The molecule has 0 unspecified atom stereocenters. The maximum Gasteiger partial charge on any atom is 0.0594 e. The van der Waals surface area contributed by atoms with Gasteiger partial charge in [0.05, 0.1) is 19.8 Å². The van der Waals surface area contributed by atoms with Crippen molar-refractivity contribution in [1.29, 1.82) is 0 Å². The van der Waals surface area contributed by atoms with E-state index in [9.17, 15) is 5.11 Å². The Bertz CT molecular complexity index is 339. The van der Waals surface area contributed by atoms with Crippen LogP contribution in [0.2, 0.25) is 0 Å². The fourth-order valence-corrected chi connectivity index (χ4v) is 2.35. The van der Waals surface area contributed by atoms with Crippen molar-refractivity contribution in [2.75, 3.05) is 46.0 Å². The number of nitrogens with one attached hydrogen (secondary N) is 1. The Morgan fingerprint density at radius 1 is 1.21 bits per heavy atom.